The summed E-state index contributed by atoms with van der Waals surface area (Å²) in [5.74, 6) is 0.864. The molecule has 2 aliphatic rings. The lowest BCUT2D eigenvalue weighted by molar-refractivity contribution is -0.120. The highest BCUT2D eigenvalue weighted by Crippen LogP contribution is 2.41. The molecule has 0 radical (unpaired) electrons. The van der Waals surface area contributed by atoms with Crippen LogP contribution in [0.4, 0.5) is 0 Å². The van der Waals surface area contributed by atoms with Crippen LogP contribution in [0, 0.1) is 11.3 Å². The van der Waals surface area contributed by atoms with E-state index in [-0.39, 0.29) is 5.78 Å². The summed E-state index contributed by atoms with van der Waals surface area (Å²) in [4.78, 5) is 16.2. The number of nitrogens with zero attached hydrogens (tertiary/aromatic N) is 2. The van der Waals surface area contributed by atoms with E-state index in [0.29, 0.717) is 17.9 Å². The first-order valence-corrected chi connectivity index (χ1v) is 7.42. The molecule has 2 fully saturated rings. The summed E-state index contributed by atoms with van der Waals surface area (Å²) in [5.41, 5.74) is 0.420. The number of rotatable bonds is 4. The van der Waals surface area contributed by atoms with Gasteiger partial charge < -0.3 is 9.64 Å². The van der Waals surface area contributed by atoms with Crippen LogP contribution >= 0.6 is 0 Å². The zero-order valence-corrected chi connectivity index (χ0v) is 12.7. The number of ketones is 1. The van der Waals surface area contributed by atoms with Crippen molar-refractivity contribution in [2.24, 2.45) is 11.3 Å². The smallest absolute Gasteiger partial charge is 0.143 e. The number of hydrogen-bond acceptors (Lipinski definition) is 4. The van der Waals surface area contributed by atoms with Gasteiger partial charge in [-0.2, -0.15) is 0 Å². The van der Waals surface area contributed by atoms with Crippen LogP contribution in [0.15, 0.2) is 0 Å². The molecule has 0 aromatic carbocycles. The Morgan fingerprint density at radius 3 is 2.63 bits per heavy atom. The van der Waals surface area contributed by atoms with Gasteiger partial charge >= 0.3 is 0 Å². The van der Waals surface area contributed by atoms with Gasteiger partial charge in [0.15, 0.2) is 0 Å². The number of carbonyl (C=O) groups excluding carboxylic acids is 1. The van der Waals surface area contributed by atoms with Crippen molar-refractivity contribution in [3.05, 3.63) is 0 Å². The molecule has 1 unspecified atom stereocenters. The molecule has 0 N–H and O–H groups in total. The number of hydrogen-bond donors (Lipinski definition) is 0. The number of likely N-dealkylation sites (tertiary alicyclic amines) is 2. The number of Topliss-reactive ketones (excluding diaryl/α,β-unsaturated/α-hetero) is 1. The zero-order valence-electron chi connectivity index (χ0n) is 12.7. The zero-order chi connectivity index (χ0) is 13.9. The van der Waals surface area contributed by atoms with E-state index < -0.39 is 0 Å². The summed E-state index contributed by atoms with van der Waals surface area (Å²) in [7, 11) is 3.99. The molecule has 4 nitrogen and oxygen atoms in total. The van der Waals surface area contributed by atoms with Crippen LogP contribution in [0.1, 0.15) is 26.2 Å². The minimum atomic E-state index is 0.279. The number of piperidine rings is 2. The SMILES string of the molecule is COCC1CN(CC(C)=O)CC2(CCN(C)CC2)C1. The third kappa shape index (κ3) is 4.01. The maximum atomic E-state index is 11.4. The van der Waals surface area contributed by atoms with Gasteiger partial charge in [-0.25, -0.2) is 0 Å². The van der Waals surface area contributed by atoms with E-state index in [1.54, 1.807) is 14.0 Å². The predicted molar refractivity (Wildman–Crippen MR) is 76.3 cm³/mol. The van der Waals surface area contributed by atoms with Crippen LogP contribution < -0.4 is 0 Å². The van der Waals surface area contributed by atoms with Gasteiger partial charge in [0.1, 0.15) is 5.78 Å². The highest BCUT2D eigenvalue weighted by atomic mass is 16.5. The lowest BCUT2D eigenvalue weighted by atomic mass is 9.69. The van der Waals surface area contributed by atoms with Crippen molar-refractivity contribution in [3.63, 3.8) is 0 Å². The van der Waals surface area contributed by atoms with Crippen LogP contribution in [0.2, 0.25) is 0 Å². The van der Waals surface area contributed by atoms with E-state index in [2.05, 4.69) is 16.8 Å². The van der Waals surface area contributed by atoms with E-state index in [1.807, 2.05) is 0 Å². The van der Waals surface area contributed by atoms with Crippen molar-refractivity contribution >= 4 is 5.78 Å². The molecule has 0 aromatic heterocycles. The Morgan fingerprint density at radius 2 is 2.05 bits per heavy atom. The van der Waals surface area contributed by atoms with E-state index in [1.165, 1.54) is 32.4 Å². The second-order valence-electron chi connectivity index (χ2n) is 6.70. The fraction of sp³-hybridized carbons (Fsp3) is 0.933. The van der Waals surface area contributed by atoms with Gasteiger partial charge in [-0.1, -0.05) is 0 Å². The average Bonchev–Trinajstić information content (AvgIpc) is 2.33. The quantitative estimate of drug-likeness (QED) is 0.768. The van der Waals surface area contributed by atoms with Crippen LogP contribution in [-0.2, 0) is 9.53 Å². The Balaban J connectivity index is 2.03. The highest BCUT2D eigenvalue weighted by molar-refractivity contribution is 5.77. The van der Waals surface area contributed by atoms with E-state index in [9.17, 15) is 4.79 Å². The lowest BCUT2D eigenvalue weighted by Crippen LogP contribution is -2.53. The molecule has 2 heterocycles. The molecule has 110 valence electrons. The van der Waals surface area contributed by atoms with Crippen molar-refractivity contribution in [2.45, 2.75) is 26.2 Å². The van der Waals surface area contributed by atoms with Gasteiger partial charge in [-0.05, 0) is 57.7 Å². The van der Waals surface area contributed by atoms with Gasteiger partial charge in [0, 0.05) is 20.2 Å². The molecular formula is C15H28N2O2. The number of ether oxygens (including phenoxy) is 1. The lowest BCUT2D eigenvalue weighted by Gasteiger charge is -2.49. The minimum Gasteiger partial charge on any atom is -0.384 e. The second kappa shape index (κ2) is 6.33. The molecule has 1 spiro atoms. The monoisotopic (exact) mass is 268 g/mol. The second-order valence-corrected chi connectivity index (χ2v) is 6.70. The average molecular weight is 268 g/mol. The molecule has 0 aromatic rings. The van der Waals surface area contributed by atoms with E-state index in [4.69, 9.17) is 4.74 Å². The molecule has 0 aliphatic carbocycles. The van der Waals surface area contributed by atoms with Crippen molar-refractivity contribution in [1.82, 2.24) is 9.80 Å². The maximum absolute atomic E-state index is 11.4. The fourth-order valence-corrected chi connectivity index (χ4v) is 3.88. The third-order valence-electron chi connectivity index (χ3n) is 4.69. The summed E-state index contributed by atoms with van der Waals surface area (Å²) in [5, 5.41) is 0. The number of methoxy groups -OCH3 is 1. The van der Waals surface area contributed by atoms with Crippen LogP contribution in [0.25, 0.3) is 0 Å². The van der Waals surface area contributed by atoms with Crippen molar-refractivity contribution in [1.29, 1.82) is 0 Å². The molecule has 0 saturated carbocycles. The Morgan fingerprint density at radius 1 is 1.37 bits per heavy atom. The Bertz CT molecular complexity index is 311. The van der Waals surface area contributed by atoms with Crippen LogP contribution in [0.3, 0.4) is 0 Å². The van der Waals surface area contributed by atoms with Gasteiger partial charge in [-0.15, -0.1) is 0 Å². The van der Waals surface area contributed by atoms with Gasteiger partial charge in [0.2, 0.25) is 0 Å². The van der Waals surface area contributed by atoms with Gasteiger partial charge in [-0.3, -0.25) is 9.69 Å². The van der Waals surface area contributed by atoms with Crippen molar-refractivity contribution in [3.8, 4) is 0 Å². The topological polar surface area (TPSA) is 32.8 Å². The molecule has 2 rings (SSSR count). The van der Waals surface area contributed by atoms with Crippen molar-refractivity contribution < 1.29 is 9.53 Å². The Hall–Kier alpha value is -0.450. The van der Waals surface area contributed by atoms with E-state index >= 15 is 0 Å². The molecule has 0 bridgehead atoms. The maximum Gasteiger partial charge on any atom is 0.143 e. The summed E-state index contributed by atoms with van der Waals surface area (Å²) < 4.78 is 5.37. The number of carbonyl (C=O) groups is 1. The first-order chi connectivity index (χ1) is 9.03. The van der Waals surface area contributed by atoms with E-state index in [0.717, 1.165) is 19.7 Å². The summed E-state index contributed by atoms with van der Waals surface area (Å²) in [6, 6.07) is 0. The summed E-state index contributed by atoms with van der Waals surface area (Å²) >= 11 is 0. The normalized spacial score (nSPS) is 28.7. The first-order valence-electron chi connectivity index (χ1n) is 7.42. The summed E-state index contributed by atoms with van der Waals surface area (Å²) in [6.45, 7) is 7.62. The van der Waals surface area contributed by atoms with Crippen LogP contribution in [0.5, 0.6) is 0 Å². The van der Waals surface area contributed by atoms with Gasteiger partial charge in [0.05, 0.1) is 13.2 Å². The molecule has 0 amide bonds. The van der Waals surface area contributed by atoms with Crippen LogP contribution in [-0.4, -0.2) is 69.1 Å². The largest absolute Gasteiger partial charge is 0.384 e. The minimum absolute atomic E-state index is 0.279. The Kier molecular flexibility index (Phi) is 4.98. The highest BCUT2D eigenvalue weighted by Gasteiger charge is 2.41. The standard InChI is InChI=1S/C15H28N2O2/c1-13(18)9-17-10-14(11-19-3)8-15(12-17)4-6-16(2)7-5-15/h14H,4-12H2,1-3H3. The predicted octanol–water partition coefficient (Wildman–Crippen LogP) is 1.26. The molecule has 4 heteroatoms. The molecule has 1 atom stereocenters. The Labute approximate surface area is 117 Å². The fourth-order valence-electron chi connectivity index (χ4n) is 3.88. The first kappa shape index (κ1) is 14.9. The van der Waals surface area contributed by atoms with Gasteiger partial charge in [0.25, 0.3) is 0 Å². The molecule has 2 saturated heterocycles. The molecular weight excluding hydrogens is 240 g/mol. The van der Waals surface area contributed by atoms with Crippen molar-refractivity contribution in [2.75, 3.05) is 53.5 Å². The molecule has 2 aliphatic heterocycles. The third-order valence-corrected chi connectivity index (χ3v) is 4.69. The summed E-state index contributed by atoms with van der Waals surface area (Å²) in [6.07, 6.45) is 3.79. The molecule has 19 heavy (non-hydrogen) atoms.